The van der Waals surface area contributed by atoms with Crippen molar-refractivity contribution < 1.29 is 10.2 Å². The van der Waals surface area contributed by atoms with Gasteiger partial charge in [0.1, 0.15) is 5.82 Å². The molecule has 0 radical (unpaired) electrons. The molecule has 3 N–H and O–H groups in total. The van der Waals surface area contributed by atoms with E-state index >= 15 is 0 Å². The van der Waals surface area contributed by atoms with Crippen LogP contribution in [0.3, 0.4) is 0 Å². The Morgan fingerprint density at radius 3 is 3.00 bits per heavy atom. The van der Waals surface area contributed by atoms with Crippen LogP contribution in [0.2, 0.25) is 0 Å². The van der Waals surface area contributed by atoms with Gasteiger partial charge in [0, 0.05) is 43.7 Å². The number of nitrogens with zero attached hydrogens (tertiary/aromatic N) is 4. The third-order valence-corrected chi connectivity index (χ3v) is 3.89. The lowest BCUT2D eigenvalue weighted by Gasteiger charge is -2.27. The average molecular weight is 315 g/mol. The second kappa shape index (κ2) is 6.99. The number of rotatable bonds is 5. The third kappa shape index (κ3) is 3.47. The van der Waals surface area contributed by atoms with E-state index in [4.69, 9.17) is 10.1 Å². The van der Waals surface area contributed by atoms with E-state index in [-0.39, 0.29) is 6.61 Å². The van der Waals surface area contributed by atoms with Gasteiger partial charge in [0.05, 0.1) is 18.4 Å². The Bertz CT molecular complexity index is 665. The molecule has 122 valence electrons. The van der Waals surface area contributed by atoms with E-state index in [0.717, 1.165) is 35.6 Å². The Morgan fingerprint density at radius 1 is 1.39 bits per heavy atom. The van der Waals surface area contributed by atoms with Crippen LogP contribution in [0.15, 0.2) is 24.5 Å². The normalized spacial score (nSPS) is 15.1. The van der Waals surface area contributed by atoms with Crippen LogP contribution in [-0.2, 0) is 13.0 Å². The van der Waals surface area contributed by atoms with Crippen molar-refractivity contribution in [3.63, 3.8) is 0 Å². The molecule has 1 aliphatic rings. The zero-order valence-electron chi connectivity index (χ0n) is 13.1. The fourth-order valence-corrected chi connectivity index (χ4v) is 2.74. The minimum Gasteiger partial charge on any atom is -0.394 e. The van der Waals surface area contributed by atoms with Crippen molar-refractivity contribution in [2.24, 2.45) is 0 Å². The van der Waals surface area contributed by atoms with Crippen molar-refractivity contribution in [2.75, 3.05) is 31.6 Å². The van der Waals surface area contributed by atoms with Crippen LogP contribution >= 0.6 is 0 Å². The number of aliphatic hydroxyl groups excluding tert-OH is 2. The molecule has 0 aromatic carbocycles. The van der Waals surface area contributed by atoms with Crippen LogP contribution < -0.4 is 10.2 Å². The van der Waals surface area contributed by atoms with Gasteiger partial charge in [-0.25, -0.2) is 9.97 Å². The molecular formula is C16H21N5O2. The first kappa shape index (κ1) is 15.8. The van der Waals surface area contributed by atoms with Gasteiger partial charge in [-0.05, 0) is 25.1 Å². The summed E-state index contributed by atoms with van der Waals surface area (Å²) in [6.07, 6.45) is 3.50. The molecule has 7 nitrogen and oxygen atoms in total. The number of nitrogens with one attached hydrogen (secondary N) is 1. The molecule has 0 bridgehead atoms. The van der Waals surface area contributed by atoms with Gasteiger partial charge in [0.2, 0.25) is 0 Å². The lowest BCUT2D eigenvalue weighted by Crippen LogP contribution is -2.34. The van der Waals surface area contributed by atoms with E-state index in [0.29, 0.717) is 18.9 Å². The summed E-state index contributed by atoms with van der Waals surface area (Å²) in [7, 11) is 1.87. The molecule has 2 aromatic rings. The Balaban J connectivity index is 2.02. The largest absolute Gasteiger partial charge is 0.394 e. The first-order valence-corrected chi connectivity index (χ1v) is 7.70. The monoisotopic (exact) mass is 315 g/mol. The van der Waals surface area contributed by atoms with E-state index in [1.807, 2.05) is 24.1 Å². The molecule has 0 fully saturated rings. The summed E-state index contributed by atoms with van der Waals surface area (Å²) in [6, 6.07) is 3.78. The molecule has 7 heteroatoms. The van der Waals surface area contributed by atoms with Crippen molar-refractivity contribution in [2.45, 2.75) is 19.1 Å². The van der Waals surface area contributed by atoms with Crippen LogP contribution in [0.5, 0.6) is 0 Å². The summed E-state index contributed by atoms with van der Waals surface area (Å²) in [4.78, 5) is 15.4. The van der Waals surface area contributed by atoms with Gasteiger partial charge in [0.15, 0.2) is 5.82 Å². The van der Waals surface area contributed by atoms with Crippen molar-refractivity contribution in [3.05, 3.63) is 35.8 Å². The standard InChI is InChI=1S/C16H21N5O2/c1-21(9-12(23)10-22)16-13-4-6-18-8-14(13)19-15(20-16)11-3-2-5-17-7-11/h2-3,5,7,12,18,22-23H,4,6,8-10H2,1H3/t12-/m1/s1. The molecule has 3 rings (SSSR count). The van der Waals surface area contributed by atoms with Gasteiger partial charge < -0.3 is 20.4 Å². The predicted molar refractivity (Wildman–Crippen MR) is 87.0 cm³/mol. The lowest BCUT2D eigenvalue weighted by molar-refractivity contribution is 0.101. The van der Waals surface area contributed by atoms with Crippen LogP contribution in [-0.4, -0.2) is 58.0 Å². The Morgan fingerprint density at radius 2 is 2.26 bits per heavy atom. The van der Waals surface area contributed by atoms with Gasteiger partial charge in [-0.1, -0.05) is 0 Å². The first-order chi connectivity index (χ1) is 11.2. The highest BCUT2D eigenvalue weighted by Gasteiger charge is 2.21. The smallest absolute Gasteiger partial charge is 0.163 e. The minimum absolute atomic E-state index is 0.269. The first-order valence-electron chi connectivity index (χ1n) is 7.70. The summed E-state index contributed by atoms with van der Waals surface area (Å²) >= 11 is 0. The molecule has 0 saturated carbocycles. The highest BCUT2D eigenvalue weighted by atomic mass is 16.3. The lowest BCUT2D eigenvalue weighted by atomic mass is 10.1. The molecule has 0 saturated heterocycles. The van der Waals surface area contributed by atoms with E-state index in [1.54, 1.807) is 12.4 Å². The molecule has 0 amide bonds. The van der Waals surface area contributed by atoms with Crippen molar-refractivity contribution in [1.82, 2.24) is 20.3 Å². The molecular weight excluding hydrogens is 294 g/mol. The number of anilines is 1. The molecule has 3 heterocycles. The van der Waals surface area contributed by atoms with Crippen LogP contribution in [0, 0.1) is 0 Å². The Kier molecular flexibility index (Phi) is 4.80. The zero-order valence-corrected chi connectivity index (χ0v) is 13.1. The fraction of sp³-hybridized carbons (Fsp3) is 0.438. The summed E-state index contributed by atoms with van der Waals surface area (Å²) in [5.74, 6) is 1.43. The average Bonchev–Trinajstić information content (AvgIpc) is 2.61. The number of pyridine rings is 1. The summed E-state index contributed by atoms with van der Waals surface area (Å²) in [6.45, 7) is 1.63. The second-order valence-electron chi connectivity index (χ2n) is 5.68. The molecule has 0 unspecified atom stereocenters. The highest BCUT2D eigenvalue weighted by molar-refractivity contribution is 5.60. The molecule has 1 aliphatic heterocycles. The SMILES string of the molecule is CN(C[C@@H](O)CO)c1nc(-c2cccnc2)nc2c1CCNC2. The van der Waals surface area contributed by atoms with Gasteiger partial charge in [-0.2, -0.15) is 0 Å². The zero-order chi connectivity index (χ0) is 16.2. The van der Waals surface area contributed by atoms with Gasteiger partial charge in [-0.15, -0.1) is 0 Å². The maximum absolute atomic E-state index is 9.72. The summed E-state index contributed by atoms with van der Waals surface area (Å²) in [5.41, 5.74) is 2.94. The maximum atomic E-state index is 9.72. The Labute approximate surface area is 135 Å². The summed E-state index contributed by atoms with van der Waals surface area (Å²) in [5, 5.41) is 22.1. The molecule has 0 aliphatic carbocycles. The van der Waals surface area contributed by atoms with E-state index in [2.05, 4.69) is 15.3 Å². The van der Waals surface area contributed by atoms with Gasteiger partial charge >= 0.3 is 0 Å². The maximum Gasteiger partial charge on any atom is 0.163 e. The van der Waals surface area contributed by atoms with E-state index < -0.39 is 6.10 Å². The van der Waals surface area contributed by atoms with Crippen molar-refractivity contribution in [3.8, 4) is 11.4 Å². The molecule has 23 heavy (non-hydrogen) atoms. The third-order valence-electron chi connectivity index (χ3n) is 3.89. The summed E-state index contributed by atoms with van der Waals surface area (Å²) < 4.78 is 0. The van der Waals surface area contributed by atoms with Crippen molar-refractivity contribution >= 4 is 5.82 Å². The van der Waals surface area contributed by atoms with E-state index in [1.165, 1.54) is 0 Å². The number of likely N-dealkylation sites (N-methyl/N-ethyl adjacent to an activating group) is 1. The number of hydrogen-bond acceptors (Lipinski definition) is 7. The van der Waals surface area contributed by atoms with Crippen LogP contribution in [0.25, 0.3) is 11.4 Å². The highest BCUT2D eigenvalue weighted by Crippen LogP contribution is 2.26. The second-order valence-corrected chi connectivity index (χ2v) is 5.68. The molecule has 2 aromatic heterocycles. The van der Waals surface area contributed by atoms with Crippen molar-refractivity contribution in [1.29, 1.82) is 0 Å². The number of aliphatic hydroxyl groups is 2. The Hall–Kier alpha value is -2.09. The molecule has 1 atom stereocenters. The number of aromatic nitrogens is 3. The van der Waals surface area contributed by atoms with Crippen LogP contribution in [0.4, 0.5) is 5.82 Å². The number of hydrogen-bond donors (Lipinski definition) is 3. The minimum atomic E-state index is -0.797. The van der Waals surface area contributed by atoms with Crippen LogP contribution in [0.1, 0.15) is 11.3 Å². The molecule has 0 spiro atoms. The topological polar surface area (TPSA) is 94.4 Å². The number of fused-ring (bicyclic) bond motifs is 1. The fourth-order valence-electron chi connectivity index (χ4n) is 2.74. The van der Waals surface area contributed by atoms with Gasteiger partial charge in [-0.3, -0.25) is 4.98 Å². The van der Waals surface area contributed by atoms with E-state index in [9.17, 15) is 5.11 Å². The van der Waals surface area contributed by atoms with Gasteiger partial charge in [0.25, 0.3) is 0 Å². The quantitative estimate of drug-likeness (QED) is 0.713. The predicted octanol–water partition coefficient (Wildman–Crippen LogP) is -0.0263.